The van der Waals surface area contributed by atoms with Crippen molar-refractivity contribution in [1.29, 1.82) is 0 Å². The van der Waals surface area contributed by atoms with Crippen LogP contribution >= 0.6 is 31.9 Å². The van der Waals surface area contributed by atoms with Crippen LogP contribution in [-0.2, 0) is 0 Å². The highest BCUT2D eigenvalue weighted by Gasteiger charge is 2.07. The maximum absolute atomic E-state index is 9.05. The predicted molar refractivity (Wildman–Crippen MR) is 42.8 cm³/mol. The zero-order valence-corrected chi connectivity index (χ0v) is 7.94. The molecule has 0 aromatic heterocycles. The Balaban J connectivity index is 3.17. The van der Waals surface area contributed by atoms with Crippen molar-refractivity contribution in [3.05, 3.63) is 0 Å². The van der Waals surface area contributed by atoms with E-state index in [1.54, 1.807) is 0 Å². The first-order valence-electron chi connectivity index (χ1n) is 2.56. The number of halogens is 2. The summed E-state index contributed by atoms with van der Waals surface area (Å²) in [6.07, 6.45) is 0.598. The van der Waals surface area contributed by atoms with Crippen LogP contribution in [0.3, 0.4) is 0 Å². The van der Waals surface area contributed by atoms with E-state index in [-0.39, 0.29) is 10.9 Å². The van der Waals surface area contributed by atoms with Crippen molar-refractivity contribution in [2.24, 2.45) is 0 Å². The molecule has 1 N–H and O–H groups in total. The van der Waals surface area contributed by atoms with Gasteiger partial charge in [-0.25, -0.2) is 0 Å². The molecule has 0 aromatic rings. The van der Waals surface area contributed by atoms with E-state index in [1.807, 2.05) is 6.92 Å². The van der Waals surface area contributed by atoms with Gasteiger partial charge in [-0.05, 0) is 6.42 Å². The molecule has 3 heteroatoms. The average Bonchev–Trinajstić information content (AvgIpc) is 1.67. The third-order valence-corrected chi connectivity index (χ3v) is 2.00. The molecule has 0 saturated heterocycles. The Kier molecular flexibility index (Phi) is 5.31. The fraction of sp³-hybridized carbons (Fsp3) is 1.00. The lowest BCUT2D eigenvalue weighted by molar-refractivity contribution is 0.175. The summed E-state index contributed by atoms with van der Waals surface area (Å²) >= 11 is 6.51. The predicted octanol–water partition coefficient (Wildman–Crippen LogP) is 1.92. The first kappa shape index (κ1) is 8.92. The summed E-state index contributed by atoms with van der Waals surface area (Å²) in [6.45, 7) is 1.94. The maximum atomic E-state index is 9.05. The third kappa shape index (κ3) is 3.87. The van der Waals surface area contributed by atoms with E-state index in [9.17, 15) is 0 Å². The summed E-state index contributed by atoms with van der Waals surface area (Å²) in [5.41, 5.74) is 0. The van der Waals surface area contributed by atoms with E-state index < -0.39 is 0 Å². The van der Waals surface area contributed by atoms with Gasteiger partial charge in [0.1, 0.15) is 0 Å². The molecule has 0 radical (unpaired) electrons. The van der Waals surface area contributed by atoms with Crippen molar-refractivity contribution in [2.75, 3.05) is 5.33 Å². The lowest BCUT2D eigenvalue weighted by atomic mass is 10.2. The first-order valence-corrected chi connectivity index (χ1v) is 4.60. The standard InChI is InChI=1S/C5H10Br2O/c1-4(7)5(8)2-3-6/h4-5,8H,2-3H2,1H3. The van der Waals surface area contributed by atoms with Crippen molar-refractivity contribution in [1.82, 2.24) is 0 Å². The number of hydrogen-bond acceptors (Lipinski definition) is 1. The van der Waals surface area contributed by atoms with Gasteiger partial charge in [0, 0.05) is 10.2 Å². The molecule has 0 spiro atoms. The Morgan fingerprint density at radius 1 is 1.62 bits per heavy atom. The Hall–Kier alpha value is 0.920. The molecule has 0 rings (SSSR count). The van der Waals surface area contributed by atoms with Gasteiger partial charge < -0.3 is 5.11 Å². The van der Waals surface area contributed by atoms with Crippen molar-refractivity contribution in [3.8, 4) is 0 Å². The van der Waals surface area contributed by atoms with Gasteiger partial charge in [-0.2, -0.15) is 0 Å². The van der Waals surface area contributed by atoms with Crippen LogP contribution in [0.15, 0.2) is 0 Å². The maximum Gasteiger partial charge on any atom is 0.0670 e. The Labute approximate surface area is 66.7 Å². The second-order valence-electron chi connectivity index (χ2n) is 1.72. The normalized spacial score (nSPS) is 18.0. The van der Waals surface area contributed by atoms with Gasteiger partial charge in [0.2, 0.25) is 0 Å². The number of aliphatic hydroxyl groups is 1. The monoisotopic (exact) mass is 244 g/mol. The number of rotatable bonds is 3. The van der Waals surface area contributed by atoms with E-state index in [0.717, 1.165) is 11.8 Å². The smallest absolute Gasteiger partial charge is 0.0670 e. The highest BCUT2D eigenvalue weighted by atomic mass is 79.9. The van der Waals surface area contributed by atoms with E-state index in [1.165, 1.54) is 0 Å². The van der Waals surface area contributed by atoms with Gasteiger partial charge in [-0.1, -0.05) is 38.8 Å². The molecule has 2 atom stereocenters. The van der Waals surface area contributed by atoms with Crippen molar-refractivity contribution >= 4 is 31.9 Å². The zero-order valence-electron chi connectivity index (χ0n) is 4.77. The van der Waals surface area contributed by atoms with Crippen molar-refractivity contribution < 1.29 is 5.11 Å². The second-order valence-corrected chi connectivity index (χ2v) is 3.96. The summed E-state index contributed by atoms with van der Waals surface area (Å²) in [5, 5.41) is 9.91. The molecule has 0 saturated carbocycles. The number of hydrogen-bond donors (Lipinski definition) is 1. The van der Waals surface area contributed by atoms with Crippen LogP contribution in [-0.4, -0.2) is 21.4 Å². The highest BCUT2D eigenvalue weighted by Crippen LogP contribution is 2.08. The van der Waals surface area contributed by atoms with E-state index in [2.05, 4.69) is 31.9 Å². The molecule has 0 bridgehead atoms. The molecule has 1 nitrogen and oxygen atoms in total. The summed E-state index contributed by atoms with van der Waals surface area (Å²) in [5.74, 6) is 0. The second kappa shape index (κ2) is 4.77. The molecule has 0 fully saturated rings. The van der Waals surface area contributed by atoms with Crippen LogP contribution in [0.5, 0.6) is 0 Å². The van der Waals surface area contributed by atoms with Gasteiger partial charge in [0.15, 0.2) is 0 Å². The summed E-state index contributed by atoms with van der Waals surface area (Å²) in [7, 11) is 0. The molecule has 0 amide bonds. The average molecular weight is 246 g/mol. The van der Waals surface area contributed by atoms with Crippen LogP contribution in [0.2, 0.25) is 0 Å². The molecule has 0 heterocycles. The van der Waals surface area contributed by atoms with Crippen LogP contribution < -0.4 is 0 Å². The summed E-state index contributed by atoms with van der Waals surface area (Å²) in [6, 6.07) is 0. The molecule has 0 aliphatic rings. The van der Waals surface area contributed by atoms with Gasteiger partial charge in [-0.3, -0.25) is 0 Å². The van der Waals surface area contributed by atoms with Crippen LogP contribution in [0.1, 0.15) is 13.3 Å². The molecule has 2 unspecified atom stereocenters. The molecule has 0 aromatic carbocycles. The van der Waals surface area contributed by atoms with Gasteiger partial charge >= 0.3 is 0 Å². The van der Waals surface area contributed by atoms with Gasteiger partial charge in [0.05, 0.1) is 6.10 Å². The molecule has 0 aliphatic carbocycles. The quantitative estimate of drug-likeness (QED) is 0.754. The molecular formula is C5H10Br2O. The fourth-order valence-electron chi connectivity index (χ4n) is 0.341. The summed E-state index contributed by atoms with van der Waals surface area (Å²) < 4.78 is 0. The fourth-order valence-corrected chi connectivity index (χ4v) is 1.07. The molecular weight excluding hydrogens is 236 g/mol. The van der Waals surface area contributed by atoms with Crippen molar-refractivity contribution in [2.45, 2.75) is 24.3 Å². The van der Waals surface area contributed by atoms with E-state index in [4.69, 9.17) is 5.11 Å². The molecule has 0 aliphatic heterocycles. The van der Waals surface area contributed by atoms with E-state index >= 15 is 0 Å². The van der Waals surface area contributed by atoms with Gasteiger partial charge in [-0.15, -0.1) is 0 Å². The Morgan fingerprint density at radius 3 is 2.25 bits per heavy atom. The summed E-state index contributed by atoms with van der Waals surface area (Å²) in [4.78, 5) is 0.208. The van der Waals surface area contributed by atoms with Crippen molar-refractivity contribution in [3.63, 3.8) is 0 Å². The Bertz CT molecular complexity index is 56.4. The van der Waals surface area contributed by atoms with Crippen LogP contribution in [0, 0.1) is 0 Å². The van der Waals surface area contributed by atoms with Crippen LogP contribution in [0.4, 0.5) is 0 Å². The first-order chi connectivity index (χ1) is 3.68. The molecule has 8 heavy (non-hydrogen) atoms. The third-order valence-electron chi connectivity index (χ3n) is 0.935. The minimum absolute atomic E-state index is 0.208. The highest BCUT2D eigenvalue weighted by molar-refractivity contribution is 9.09. The lowest BCUT2D eigenvalue weighted by Gasteiger charge is -2.09. The zero-order chi connectivity index (χ0) is 6.57. The topological polar surface area (TPSA) is 20.2 Å². The number of alkyl halides is 2. The Morgan fingerprint density at radius 2 is 2.12 bits per heavy atom. The lowest BCUT2D eigenvalue weighted by Crippen LogP contribution is -2.16. The number of aliphatic hydroxyl groups excluding tert-OH is 1. The molecule has 50 valence electrons. The largest absolute Gasteiger partial charge is 0.392 e. The van der Waals surface area contributed by atoms with E-state index in [0.29, 0.717) is 0 Å². The SMILES string of the molecule is CC(Br)C(O)CCBr. The van der Waals surface area contributed by atoms with Gasteiger partial charge in [0.25, 0.3) is 0 Å². The van der Waals surface area contributed by atoms with Crippen LogP contribution in [0.25, 0.3) is 0 Å². The minimum atomic E-state index is -0.214. The minimum Gasteiger partial charge on any atom is -0.392 e.